The highest BCUT2D eigenvalue weighted by Gasteiger charge is 2.20. The minimum Gasteiger partial charge on any atom is -0.493 e. The summed E-state index contributed by atoms with van der Waals surface area (Å²) in [4.78, 5) is 15.6. The van der Waals surface area contributed by atoms with Gasteiger partial charge in [0.05, 0.1) is 18.2 Å². The van der Waals surface area contributed by atoms with Gasteiger partial charge in [0, 0.05) is 16.3 Å². The quantitative estimate of drug-likeness (QED) is 0.294. The normalized spacial score (nSPS) is 11.1. The van der Waals surface area contributed by atoms with Crippen LogP contribution in [-0.2, 0) is 11.2 Å². The summed E-state index contributed by atoms with van der Waals surface area (Å²) in [5, 5.41) is 3.75. The van der Waals surface area contributed by atoms with Gasteiger partial charge in [-0.05, 0) is 48.9 Å². The van der Waals surface area contributed by atoms with Crippen LogP contribution in [0.2, 0.25) is 5.02 Å². The lowest BCUT2D eigenvalue weighted by Crippen LogP contribution is -2.09. The Morgan fingerprint density at radius 1 is 1.03 bits per heavy atom. The van der Waals surface area contributed by atoms with Crippen molar-refractivity contribution in [2.45, 2.75) is 19.8 Å². The number of hydrogen-bond donors (Lipinski definition) is 1. The zero-order chi connectivity index (χ0) is 20.2. The number of halogens is 1. The third-order valence-corrected chi connectivity index (χ3v) is 5.25. The van der Waals surface area contributed by atoms with E-state index in [0.717, 1.165) is 39.4 Å². The van der Waals surface area contributed by atoms with Crippen LogP contribution in [0.1, 0.15) is 29.4 Å². The minimum atomic E-state index is -0.357. The molecular weight excluding hydrogens is 386 g/mol. The van der Waals surface area contributed by atoms with E-state index >= 15 is 0 Å². The first-order valence-electron chi connectivity index (χ1n) is 9.75. The highest BCUT2D eigenvalue weighted by atomic mass is 35.5. The molecule has 148 valence electrons. The molecule has 3 aromatic carbocycles. The van der Waals surface area contributed by atoms with Gasteiger partial charge >= 0.3 is 5.97 Å². The maximum atomic E-state index is 12.4. The van der Waals surface area contributed by atoms with Crippen molar-refractivity contribution >= 4 is 39.2 Å². The fourth-order valence-corrected chi connectivity index (χ4v) is 3.94. The van der Waals surface area contributed by atoms with Crippen LogP contribution in [-0.4, -0.2) is 24.2 Å². The molecule has 4 rings (SSSR count). The van der Waals surface area contributed by atoms with E-state index in [-0.39, 0.29) is 5.97 Å². The maximum absolute atomic E-state index is 12.4. The van der Waals surface area contributed by atoms with Crippen LogP contribution in [0, 0.1) is 0 Å². The molecule has 4 nitrogen and oxygen atoms in total. The maximum Gasteiger partial charge on any atom is 0.355 e. The first-order chi connectivity index (χ1) is 14.2. The Kier molecular flexibility index (Phi) is 5.72. The van der Waals surface area contributed by atoms with E-state index in [1.54, 1.807) is 6.92 Å². The molecular formula is C24H22ClNO3. The average Bonchev–Trinajstić information content (AvgIpc) is 3.11. The molecule has 0 bridgehead atoms. The fourth-order valence-electron chi connectivity index (χ4n) is 3.65. The number of ether oxygens (including phenoxy) is 2. The lowest BCUT2D eigenvalue weighted by molar-refractivity contribution is 0.0519. The van der Waals surface area contributed by atoms with Gasteiger partial charge in [0.25, 0.3) is 0 Å². The number of aromatic nitrogens is 1. The lowest BCUT2D eigenvalue weighted by Gasteiger charge is -2.10. The molecule has 5 heteroatoms. The summed E-state index contributed by atoms with van der Waals surface area (Å²) in [5.41, 5.74) is 2.19. The molecule has 0 saturated heterocycles. The van der Waals surface area contributed by atoms with Crippen LogP contribution in [0.4, 0.5) is 0 Å². The first-order valence-corrected chi connectivity index (χ1v) is 10.1. The van der Waals surface area contributed by atoms with E-state index in [1.165, 1.54) is 0 Å². The largest absolute Gasteiger partial charge is 0.493 e. The zero-order valence-corrected chi connectivity index (χ0v) is 17.0. The number of aryl methyl sites for hydroxylation is 1. The number of esters is 1. The Morgan fingerprint density at radius 2 is 1.83 bits per heavy atom. The number of fused-ring (bicyclic) bond motifs is 2. The average molecular weight is 408 g/mol. The molecule has 0 aliphatic rings. The fraction of sp³-hybridized carbons (Fsp3) is 0.208. The number of H-pyrrole nitrogens is 1. The Labute approximate surface area is 174 Å². The van der Waals surface area contributed by atoms with E-state index in [1.807, 2.05) is 42.5 Å². The number of aromatic amines is 1. The van der Waals surface area contributed by atoms with Gasteiger partial charge in [-0.15, -0.1) is 0 Å². The Balaban J connectivity index is 1.53. The standard InChI is InChI=1S/C24H22ClNO3/c1-2-28-24(27)23-18(22-19(25)12-6-13-20(22)26-23)11-7-15-29-21-14-5-9-16-8-3-4-10-17(16)21/h3-6,8-10,12-14,26H,2,7,11,15H2,1H3. The van der Waals surface area contributed by atoms with Gasteiger partial charge < -0.3 is 14.5 Å². The smallest absolute Gasteiger partial charge is 0.355 e. The van der Waals surface area contributed by atoms with Crippen molar-refractivity contribution in [3.05, 3.63) is 76.9 Å². The summed E-state index contributed by atoms with van der Waals surface area (Å²) >= 11 is 6.43. The molecule has 0 radical (unpaired) electrons. The molecule has 1 N–H and O–H groups in total. The first kappa shape index (κ1) is 19.3. The topological polar surface area (TPSA) is 51.3 Å². The SMILES string of the molecule is CCOC(=O)c1[nH]c2cccc(Cl)c2c1CCCOc1cccc2ccccc12. The van der Waals surface area contributed by atoms with Gasteiger partial charge in [-0.3, -0.25) is 0 Å². The van der Waals surface area contributed by atoms with Gasteiger partial charge in [0.2, 0.25) is 0 Å². The van der Waals surface area contributed by atoms with Gasteiger partial charge in [-0.2, -0.15) is 0 Å². The van der Waals surface area contributed by atoms with Gasteiger partial charge in [-0.1, -0.05) is 54.1 Å². The summed E-state index contributed by atoms with van der Waals surface area (Å²) in [6, 6.07) is 19.8. The van der Waals surface area contributed by atoms with Crippen LogP contribution in [0.5, 0.6) is 5.75 Å². The number of rotatable bonds is 7. The third kappa shape index (κ3) is 3.94. The van der Waals surface area contributed by atoms with Crippen molar-refractivity contribution in [2.75, 3.05) is 13.2 Å². The summed E-state index contributed by atoms with van der Waals surface area (Å²) < 4.78 is 11.3. The van der Waals surface area contributed by atoms with Crippen molar-refractivity contribution in [3.63, 3.8) is 0 Å². The zero-order valence-electron chi connectivity index (χ0n) is 16.2. The molecule has 1 heterocycles. The molecule has 0 aliphatic carbocycles. The monoisotopic (exact) mass is 407 g/mol. The molecule has 0 amide bonds. The summed E-state index contributed by atoms with van der Waals surface area (Å²) in [6.45, 7) is 2.66. The van der Waals surface area contributed by atoms with E-state index in [2.05, 4.69) is 23.2 Å². The van der Waals surface area contributed by atoms with Crippen molar-refractivity contribution in [1.82, 2.24) is 4.98 Å². The van der Waals surface area contributed by atoms with Crippen LogP contribution in [0.15, 0.2) is 60.7 Å². The molecule has 29 heavy (non-hydrogen) atoms. The van der Waals surface area contributed by atoms with Crippen LogP contribution >= 0.6 is 11.6 Å². The predicted molar refractivity (Wildman–Crippen MR) is 117 cm³/mol. The molecule has 0 aliphatic heterocycles. The number of benzene rings is 3. The molecule has 0 atom stereocenters. The summed E-state index contributed by atoms with van der Waals surface area (Å²) in [5.74, 6) is 0.510. The molecule has 0 fully saturated rings. The second-order valence-corrected chi connectivity index (χ2v) is 7.20. The van der Waals surface area contributed by atoms with Crippen LogP contribution < -0.4 is 4.74 Å². The van der Waals surface area contributed by atoms with Gasteiger partial charge in [-0.25, -0.2) is 4.79 Å². The van der Waals surface area contributed by atoms with Crippen molar-refractivity contribution < 1.29 is 14.3 Å². The number of carbonyl (C=O) groups excluding carboxylic acids is 1. The summed E-state index contributed by atoms with van der Waals surface area (Å²) in [7, 11) is 0. The lowest BCUT2D eigenvalue weighted by atomic mass is 10.1. The third-order valence-electron chi connectivity index (χ3n) is 4.93. The molecule has 0 spiro atoms. The molecule has 0 saturated carbocycles. The van der Waals surface area contributed by atoms with E-state index in [9.17, 15) is 4.79 Å². The highest BCUT2D eigenvalue weighted by molar-refractivity contribution is 6.36. The van der Waals surface area contributed by atoms with Gasteiger partial charge in [0.15, 0.2) is 0 Å². The van der Waals surface area contributed by atoms with Gasteiger partial charge in [0.1, 0.15) is 11.4 Å². The predicted octanol–water partition coefficient (Wildman–Crippen LogP) is 6.16. The van der Waals surface area contributed by atoms with E-state index in [4.69, 9.17) is 21.1 Å². The Morgan fingerprint density at radius 3 is 2.69 bits per heavy atom. The van der Waals surface area contributed by atoms with Crippen molar-refractivity contribution in [3.8, 4) is 5.75 Å². The van der Waals surface area contributed by atoms with E-state index < -0.39 is 0 Å². The highest BCUT2D eigenvalue weighted by Crippen LogP contribution is 2.31. The number of carbonyl (C=O) groups is 1. The van der Waals surface area contributed by atoms with Crippen LogP contribution in [0.3, 0.4) is 0 Å². The minimum absolute atomic E-state index is 0.325. The van der Waals surface area contributed by atoms with E-state index in [0.29, 0.717) is 30.4 Å². The van der Waals surface area contributed by atoms with Crippen molar-refractivity contribution in [1.29, 1.82) is 0 Å². The second-order valence-electron chi connectivity index (χ2n) is 6.79. The Hall–Kier alpha value is -2.98. The number of hydrogen-bond acceptors (Lipinski definition) is 3. The van der Waals surface area contributed by atoms with Crippen LogP contribution in [0.25, 0.3) is 21.7 Å². The molecule has 1 aromatic heterocycles. The molecule has 4 aromatic rings. The molecule has 0 unspecified atom stereocenters. The number of nitrogens with one attached hydrogen (secondary N) is 1. The summed E-state index contributed by atoms with van der Waals surface area (Å²) in [6.07, 6.45) is 1.40. The van der Waals surface area contributed by atoms with Crippen molar-refractivity contribution in [2.24, 2.45) is 0 Å². The second kappa shape index (κ2) is 8.58. The Bertz CT molecular complexity index is 1160.